The van der Waals surface area contributed by atoms with Gasteiger partial charge in [-0.3, -0.25) is 4.68 Å². The SMILES string of the molecule is CC(C)c1c(CO)cnn1Cc1ccc(Cl)cc1. The molecule has 1 heterocycles. The van der Waals surface area contributed by atoms with Crippen molar-refractivity contribution < 1.29 is 5.11 Å². The van der Waals surface area contributed by atoms with Crippen molar-refractivity contribution in [2.75, 3.05) is 0 Å². The summed E-state index contributed by atoms with van der Waals surface area (Å²) < 4.78 is 1.94. The first kappa shape index (κ1) is 13.1. The van der Waals surface area contributed by atoms with Gasteiger partial charge in [0.2, 0.25) is 0 Å². The highest BCUT2D eigenvalue weighted by Gasteiger charge is 2.13. The van der Waals surface area contributed by atoms with Crippen molar-refractivity contribution in [1.29, 1.82) is 0 Å². The van der Waals surface area contributed by atoms with Crippen LogP contribution in [-0.2, 0) is 13.2 Å². The summed E-state index contributed by atoms with van der Waals surface area (Å²) in [5.41, 5.74) is 3.14. The zero-order chi connectivity index (χ0) is 13.1. The molecule has 0 aliphatic heterocycles. The van der Waals surface area contributed by atoms with E-state index in [4.69, 9.17) is 11.6 Å². The fourth-order valence-corrected chi connectivity index (χ4v) is 2.24. The predicted octanol–water partition coefficient (Wildman–Crippen LogP) is 3.20. The lowest BCUT2D eigenvalue weighted by Gasteiger charge is -2.12. The molecule has 1 aromatic carbocycles. The maximum atomic E-state index is 9.31. The highest BCUT2D eigenvalue weighted by molar-refractivity contribution is 6.30. The number of aliphatic hydroxyl groups excluding tert-OH is 1. The Labute approximate surface area is 112 Å². The van der Waals surface area contributed by atoms with Gasteiger partial charge in [-0.25, -0.2) is 0 Å². The van der Waals surface area contributed by atoms with E-state index in [0.29, 0.717) is 12.5 Å². The lowest BCUT2D eigenvalue weighted by molar-refractivity contribution is 0.279. The summed E-state index contributed by atoms with van der Waals surface area (Å²) in [6, 6.07) is 7.74. The van der Waals surface area contributed by atoms with Crippen molar-refractivity contribution in [3.8, 4) is 0 Å². The van der Waals surface area contributed by atoms with Crippen LogP contribution in [0, 0.1) is 0 Å². The van der Waals surface area contributed by atoms with Crippen molar-refractivity contribution in [2.24, 2.45) is 0 Å². The molecule has 1 aromatic heterocycles. The molecule has 0 unspecified atom stereocenters. The number of hydrogen-bond donors (Lipinski definition) is 1. The highest BCUT2D eigenvalue weighted by atomic mass is 35.5. The van der Waals surface area contributed by atoms with Gasteiger partial charge in [0.1, 0.15) is 0 Å². The number of aliphatic hydroxyl groups is 1. The van der Waals surface area contributed by atoms with Gasteiger partial charge < -0.3 is 5.11 Å². The van der Waals surface area contributed by atoms with Gasteiger partial charge in [0.05, 0.1) is 19.3 Å². The third-order valence-electron chi connectivity index (χ3n) is 2.92. The van der Waals surface area contributed by atoms with E-state index in [1.807, 2.05) is 28.9 Å². The van der Waals surface area contributed by atoms with Crippen LogP contribution in [0.5, 0.6) is 0 Å². The third kappa shape index (κ3) is 2.74. The Kier molecular flexibility index (Phi) is 4.04. The van der Waals surface area contributed by atoms with Crippen LogP contribution in [-0.4, -0.2) is 14.9 Å². The second-order valence-electron chi connectivity index (χ2n) is 4.65. The molecule has 0 atom stereocenters. The molecule has 0 saturated carbocycles. The molecule has 4 heteroatoms. The first-order chi connectivity index (χ1) is 8.61. The van der Waals surface area contributed by atoms with Crippen molar-refractivity contribution in [1.82, 2.24) is 9.78 Å². The number of hydrogen-bond acceptors (Lipinski definition) is 2. The maximum Gasteiger partial charge on any atom is 0.0715 e. The molecule has 0 saturated heterocycles. The molecular formula is C14H17ClN2O. The molecule has 18 heavy (non-hydrogen) atoms. The molecule has 2 aromatic rings. The monoisotopic (exact) mass is 264 g/mol. The van der Waals surface area contributed by atoms with E-state index in [0.717, 1.165) is 21.8 Å². The van der Waals surface area contributed by atoms with Crippen molar-refractivity contribution in [3.05, 3.63) is 52.3 Å². The summed E-state index contributed by atoms with van der Waals surface area (Å²) in [7, 11) is 0. The second kappa shape index (κ2) is 5.55. The Balaban J connectivity index is 2.28. The molecule has 2 rings (SSSR count). The average molecular weight is 265 g/mol. The van der Waals surface area contributed by atoms with E-state index in [9.17, 15) is 5.11 Å². The van der Waals surface area contributed by atoms with Gasteiger partial charge in [-0.05, 0) is 23.6 Å². The molecular weight excluding hydrogens is 248 g/mol. The van der Waals surface area contributed by atoms with Crippen LogP contribution >= 0.6 is 11.6 Å². The summed E-state index contributed by atoms with van der Waals surface area (Å²) in [5, 5.41) is 14.4. The van der Waals surface area contributed by atoms with Gasteiger partial charge in [0.15, 0.2) is 0 Å². The standard InChI is InChI=1S/C14H17ClN2O/c1-10(2)14-12(9-18)7-16-17(14)8-11-3-5-13(15)6-4-11/h3-7,10,18H,8-9H2,1-2H3. The smallest absolute Gasteiger partial charge is 0.0715 e. The number of aromatic nitrogens is 2. The van der Waals surface area contributed by atoms with E-state index < -0.39 is 0 Å². The van der Waals surface area contributed by atoms with Crippen molar-refractivity contribution in [2.45, 2.75) is 32.9 Å². The Bertz CT molecular complexity index is 517. The fourth-order valence-electron chi connectivity index (χ4n) is 2.11. The first-order valence-corrected chi connectivity index (χ1v) is 6.39. The molecule has 96 valence electrons. The Morgan fingerprint density at radius 1 is 1.28 bits per heavy atom. The fraction of sp³-hybridized carbons (Fsp3) is 0.357. The number of rotatable bonds is 4. The quantitative estimate of drug-likeness (QED) is 0.921. The largest absolute Gasteiger partial charge is 0.392 e. The van der Waals surface area contributed by atoms with Crippen LogP contribution in [0.1, 0.15) is 36.6 Å². The number of benzene rings is 1. The Morgan fingerprint density at radius 2 is 1.94 bits per heavy atom. The summed E-state index contributed by atoms with van der Waals surface area (Å²) >= 11 is 5.87. The van der Waals surface area contributed by atoms with Gasteiger partial charge in [-0.1, -0.05) is 37.6 Å². The predicted molar refractivity (Wildman–Crippen MR) is 72.8 cm³/mol. The average Bonchev–Trinajstić information content (AvgIpc) is 2.75. The van der Waals surface area contributed by atoms with E-state index in [-0.39, 0.29) is 6.61 Å². The van der Waals surface area contributed by atoms with E-state index in [1.54, 1.807) is 6.20 Å². The zero-order valence-corrected chi connectivity index (χ0v) is 11.4. The lowest BCUT2D eigenvalue weighted by Crippen LogP contribution is -2.08. The molecule has 0 fully saturated rings. The Hall–Kier alpha value is -1.32. The van der Waals surface area contributed by atoms with Crippen LogP contribution in [0.15, 0.2) is 30.5 Å². The minimum absolute atomic E-state index is 0.0358. The van der Waals surface area contributed by atoms with Crippen molar-refractivity contribution >= 4 is 11.6 Å². The molecule has 0 aliphatic carbocycles. The minimum atomic E-state index is 0.0358. The topological polar surface area (TPSA) is 38.1 Å². The van der Waals surface area contributed by atoms with Gasteiger partial charge >= 0.3 is 0 Å². The number of nitrogens with zero attached hydrogens (tertiary/aromatic N) is 2. The molecule has 0 amide bonds. The molecule has 3 nitrogen and oxygen atoms in total. The van der Waals surface area contributed by atoms with E-state index >= 15 is 0 Å². The second-order valence-corrected chi connectivity index (χ2v) is 5.09. The van der Waals surface area contributed by atoms with Crippen LogP contribution in [0.2, 0.25) is 5.02 Å². The minimum Gasteiger partial charge on any atom is -0.392 e. The van der Waals surface area contributed by atoms with E-state index in [2.05, 4.69) is 18.9 Å². The molecule has 0 aliphatic rings. The van der Waals surface area contributed by atoms with Crippen molar-refractivity contribution in [3.63, 3.8) is 0 Å². The van der Waals surface area contributed by atoms with Crippen LogP contribution < -0.4 is 0 Å². The third-order valence-corrected chi connectivity index (χ3v) is 3.17. The summed E-state index contributed by atoms with van der Waals surface area (Å²) in [4.78, 5) is 0. The molecule has 0 bridgehead atoms. The van der Waals surface area contributed by atoms with Crippen LogP contribution in [0.3, 0.4) is 0 Å². The van der Waals surface area contributed by atoms with Gasteiger partial charge in [-0.2, -0.15) is 5.10 Å². The van der Waals surface area contributed by atoms with E-state index in [1.165, 1.54) is 0 Å². The van der Waals surface area contributed by atoms with Crippen LogP contribution in [0.4, 0.5) is 0 Å². The number of halogens is 1. The highest BCUT2D eigenvalue weighted by Crippen LogP contribution is 2.21. The van der Waals surface area contributed by atoms with Gasteiger partial charge in [-0.15, -0.1) is 0 Å². The molecule has 0 spiro atoms. The Morgan fingerprint density at radius 3 is 2.50 bits per heavy atom. The summed E-state index contributed by atoms with van der Waals surface area (Å²) in [6.45, 7) is 4.95. The molecule has 0 radical (unpaired) electrons. The first-order valence-electron chi connectivity index (χ1n) is 6.01. The summed E-state index contributed by atoms with van der Waals surface area (Å²) in [5.74, 6) is 0.335. The lowest BCUT2D eigenvalue weighted by atomic mass is 10.1. The summed E-state index contributed by atoms with van der Waals surface area (Å²) in [6.07, 6.45) is 1.74. The van der Waals surface area contributed by atoms with Gasteiger partial charge in [0, 0.05) is 16.3 Å². The van der Waals surface area contributed by atoms with Gasteiger partial charge in [0.25, 0.3) is 0 Å². The zero-order valence-electron chi connectivity index (χ0n) is 10.6. The van der Waals surface area contributed by atoms with Crippen LogP contribution in [0.25, 0.3) is 0 Å². The maximum absolute atomic E-state index is 9.31. The normalized spacial score (nSPS) is 11.2. The molecule has 1 N–H and O–H groups in total.